The van der Waals surface area contributed by atoms with Gasteiger partial charge in [-0.15, -0.1) is 22.7 Å². The summed E-state index contributed by atoms with van der Waals surface area (Å²) in [6.45, 7) is 12.3. The summed E-state index contributed by atoms with van der Waals surface area (Å²) >= 11 is 10.0. The minimum atomic E-state index is -1.82. The fraction of sp³-hybridized carbons (Fsp3) is 0.429. The Balaban J connectivity index is 0.000000248. The van der Waals surface area contributed by atoms with Gasteiger partial charge in [-0.3, -0.25) is 9.80 Å². The van der Waals surface area contributed by atoms with Gasteiger partial charge in [0.05, 0.1) is 24.6 Å². The van der Waals surface area contributed by atoms with Crippen molar-refractivity contribution < 1.29 is 19.0 Å². The van der Waals surface area contributed by atoms with Gasteiger partial charge in [-0.05, 0) is 42.4 Å². The Morgan fingerprint density at radius 2 is 1.28 bits per heavy atom. The van der Waals surface area contributed by atoms with Crippen molar-refractivity contribution in [3.05, 3.63) is 67.8 Å². The van der Waals surface area contributed by atoms with Crippen LogP contribution in [-0.2, 0) is 27.1 Å². The number of rotatable bonds is 12. The van der Waals surface area contributed by atoms with E-state index in [9.17, 15) is 5.11 Å². The maximum Gasteiger partial charge on any atom is 0.192 e. The number of aromatic nitrogens is 4. The van der Waals surface area contributed by atoms with Crippen LogP contribution in [0.3, 0.4) is 0 Å². The van der Waals surface area contributed by atoms with E-state index in [2.05, 4.69) is 80.7 Å². The van der Waals surface area contributed by atoms with Crippen LogP contribution in [0.1, 0.15) is 32.2 Å². The minimum Gasteiger partial charge on any atom is -0.411 e. The number of ether oxygens (including phenoxy) is 2. The van der Waals surface area contributed by atoms with Crippen LogP contribution >= 0.6 is 54.5 Å². The molecular weight excluding hydrogens is 736 g/mol. The lowest BCUT2D eigenvalue weighted by Gasteiger charge is -2.36. The first-order chi connectivity index (χ1) is 20.4. The van der Waals surface area contributed by atoms with Crippen molar-refractivity contribution in [1.29, 1.82) is 0 Å². The van der Waals surface area contributed by atoms with E-state index < -0.39 is 8.32 Å². The number of aliphatic hydroxyl groups is 1. The molecule has 4 aromatic rings. The van der Waals surface area contributed by atoms with Crippen LogP contribution in [0.25, 0.3) is 0 Å². The number of pyridine rings is 2. The number of hydrogen-bond donors (Lipinski definition) is 1. The highest BCUT2D eigenvalue weighted by molar-refractivity contribution is 9.10. The SMILES string of the molecule is COCN(c1cc(Br)cc(CO)n1)c1nccs1.COCN(c1cc(Br)cc(CO[Si](C)(C)C(C)(C)C)n1)c1nccs1. The second-order valence-electron chi connectivity index (χ2n) is 10.8. The van der Waals surface area contributed by atoms with Crippen LogP contribution in [0.4, 0.5) is 21.9 Å². The van der Waals surface area contributed by atoms with Crippen molar-refractivity contribution in [2.24, 2.45) is 0 Å². The molecule has 0 unspecified atom stereocenters. The first kappa shape index (κ1) is 35.7. The molecule has 0 aliphatic rings. The number of thiazole rings is 2. The van der Waals surface area contributed by atoms with Crippen molar-refractivity contribution in [2.45, 2.75) is 52.1 Å². The smallest absolute Gasteiger partial charge is 0.192 e. The van der Waals surface area contributed by atoms with Crippen LogP contribution in [0.5, 0.6) is 0 Å². The molecule has 10 nitrogen and oxygen atoms in total. The average molecular weight is 775 g/mol. The van der Waals surface area contributed by atoms with E-state index in [1.807, 2.05) is 38.8 Å². The molecule has 0 atom stereocenters. The van der Waals surface area contributed by atoms with Gasteiger partial charge in [-0.25, -0.2) is 19.9 Å². The van der Waals surface area contributed by atoms with E-state index in [0.29, 0.717) is 31.6 Å². The van der Waals surface area contributed by atoms with Crippen LogP contribution in [-0.4, -0.2) is 61.0 Å². The molecule has 0 bridgehead atoms. The van der Waals surface area contributed by atoms with Crippen molar-refractivity contribution in [1.82, 2.24) is 19.9 Å². The molecule has 0 amide bonds. The molecule has 4 heterocycles. The summed E-state index contributed by atoms with van der Waals surface area (Å²) in [6.07, 6.45) is 3.51. The zero-order chi connectivity index (χ0) is 31.6. The summed E-state index contributed by atoms with van der Waals surface area (Å²) in [6, 6.07) is 7.61. The number of aliphatic hydroxyl groups excluding tert-OH is 1. The molecule has 4 rings (SSSR count). The van der Waals surface area contributed by atoms with Gasteiger partial charge in [0, 0.05) is 46.3 Å². The van der Waals surface area contributed by atoms with Crippen molar-refractivity contribution >= 4 is 84.7 Å². The monoisotopic (exact) mass is 772 g/mol. The normalized spacial score (nSPS) is 11.7. The predicted octanol–water partition coefficient (Wildman–Crippen LogP) is 8.10. The lowest BCUT2D eigenvalue weighted by Crippen LogP contribution is -2.40. The Kier molecular flexibility index (Phi) is 13.7. The van der Waals surface area contributed by atoms with Crippen LogP contribution < -0.4 is 9.80 Å². The van der Waals surface area contributed by atoms with Gasteiger partial charge in [0.25, 0.3) is 0 Å². The van der Waals surface area contributed by atoms with Gasteiger partial charge in [0.1, 0.15) is 25.1 Å². The predicted molar refractivity (Wildman–Crippen MR) is 184 cm³/mol. The Bertz CT molecular complexity index is 1410. The Morgan fingerprint density at radius 1 is 0.814 bits per heavy atom. The highest BCUT2D eigenvalue weighted by atomic mass is 79.9. The van der Waals surface area contributed by atoms with Gasteiger partial charge in [-0.1, -0.05) is 52.6 Å². The molecule has 0 fully saturated rings. The topological polar surface area (TPSA) is 106 Å². The molecule has 234 valence electrons. The maximum atomic E-state index is 9.18. The molecule has 0 aliphatic carbocycles. The molecule has 0 aliphatic heterocycles. The molecule has 43 heavy (non-hydrogen) atoms. The Morgan fingerprint density at radius 3 is 1.67 bits per heavy atom. The molecule has 15 heteroatoms. The van der Waals surface area contributed by atoms with Gasteiger partial charge >= 0.3 is 0 Å². The van der Waals surface area contributed by atoms with E-state index in [-0.39, 0.29) is 11.6 Å². The first-order valence-corrected chi connectivity index (χ1v) is 19.5. The summed E-state index contributed by atoms with van der Waals surface area (Å²) in [5.74, 6) is 1.48. The second-order valence-corrected chi connectivity index (χ2v) is 19.2. The summed E-state index contributed by atoms with van der Waals surface area (Å²) in [5, 5.41) is 14.8. The van der Waals surface area contributed by atoms with E-state index in [1.54, 1.807) is 44.0 Å². The number of halogens is 2. The van der Waals surface area contributed by atoms with E-state index >= 15 is 0 Å². The van der Waals surface area contributed by atoms with Crippen LogP contribution in [0.15, 0.2) is 56.4 Å². The number of hydrogen-bond acceptors (Lipinski definition) is 12. The molecule has 1 N–H and O–H groups in total. The highest BCUT2D eigenvalue weighted by Gasteiger charge is 2.37. The third kappa shape index (κ3) is 10.4. The lowest BCUT2D eigenvalue weighted by atomic mass is 10.2. The maximum absolute atomic E-state index is 9.18. The largest absolute Gasteiger partial charge is 0.411 e. The quantitative estimate of drug-likeness (QED) is 0.112. The summed E-state index contributed by atoms with van der Waals surface area (Å²) in [4.78, 5) is 21.5. The van der Waals surface area contributed by atoms with Crippen molar-refractivity contribution in [2.75, 3.05) is 37.5 Å². The number of anilines is 4. The molecule has 0 saturated heterocycles. The fourth-order valence-electron chi connectivity index (χ4n) is 3.37. The molecular formula is C28H38Br2N6O4S2Si. The van der Waals surface area contributed by atoms with Gasteiger partial charge in [-0.2, -0.15) is 0 Å². The Hall–Kier alpha value is -1.82. The van der Waals surface area contributed by atoms with Crippen LogP contribution in [0, 0.1) is 0 Å². The molecule has 0 saturated carbocycles. The number of methoxy groups -OCH3 is 2. The summed E-state index contributed by atoms with van der Waals surface area (Å²) < 4.78 is 18.6. The van der Waals surface area contributed by atoms with Crippen LogP contribution in [0.2, 0.25) is 18.1 Å². The van der Waals surface area contributed by atoms with Gasteiger partial charge in [0.2, 0.25) is 0 Å². The third-order valence-electron chi connectivity index (χ3n) is 6.58. The molecule has 4 aromatic heterocycles. The number of nitrogens with zero attached hydrogens (tertiary/aromatic N) is 6. The molecule has 0 radical (unpaired) electrons. The fourth-order valence-corrected chi connectivity index (χ4v) is 6.53. The third-order valence-corrected chi connectivity index (χ3v) is 13.6. The lowest BCUT2D eigenvalue weighted by molar-refractivity contribution is 0.205. The summed E-state index contributed by atoms with van der Waals surface area (Å²) in [5.41, 5.74) is 1.49. The molecule has 0 aromatic carbocycles. The molecule has 0 spiro atoms. The minimum absolute atomic E-state index is 0.106. The Labute approximate surface area is 279 Å². The zero-order valence-corrected chi connectivity index (χ0v) is 31.2. The first-order valence-electron chi connectivity index (χ1n) is 13.3. The van der Waals surface area contributed by atoms with E-state index in [4.69, 9.17) is 18.9 Å². The van der Waals surface area contributed by atoms with Crippen molar-refractivity contribution in [3.63, 3.8) is 0 Å². The van der Waals surface area contributed by atoms with Gasteiger partial charge < -0.3 is 19.0 Å². The zero-order valence-electron chi connectivity index (χ0n) is 25.4. The van der Waals surface area contributed by atoms with E-state index in [0.717, 1.165) is 30.7 Å². The highest BCUT2D eigenvalue weighted by Crippen LogP contribution is 2.37. The summed E-state index contributed by atoms with van der Waals surface area (Å²) in [7, 11) is 1.46. The second kappa shape index (κ2) is 16.5. The van der Waals surface area contributed by atoms with Gasteiger partial charge in [0.15, 0.2) is 18.6 Å². The van der Waals surface area contributed by atoms with Crippen molar-refractivity contribution in [3.8, 4) is 0 Å². The average Bonchev–Trinajstić information content (AvgIpc) is 3.68. The standard InChI is InChI=1S/C17H26BrN3O2SSi.C11H12BrN3O2S/c1-17(2,3)25(5,6)23-11-14-9-13(18)10-15(20-14)21(12-22-4)16-19-7-8-24-16;1-17-7-15(11-13-2-3-18-11)10-5-8(12)4-9(6-16)14-10/h7-10H,11-12H2,1-6H3;2-5,16H,6-7H2,1H3. The van der Waals surface area contributed by atoms with E-state index in [1.165, 1.54) is 11.3 Å².